The van der Waals surface area contributed by atoms with Crippen molar-refractivity contribution < 1.29 is 13.3 Å². The van der Waals surface area contributed by atoms with Crippen molar-refractivity contribution in [3.63, 3.8) is 0 Å². The predicted octanol–water partition coefficient (Wildman–Crippen LogP) is 3.59. The third kappa shape index (κ3) is 3.56. The summed E-state index contributed by atoms with van der Waals surface area (Å²) in [6, 6.07) is 12.6. The van der Waals surface area contributed by atoms with Crippen molar-refractivity contribution in [3.8, 4) is 6.07 Å². The first-order chi connectivity index (χ1) is 10.9. The fourth-order valence-corrected chi connectivity index (χ4v) is 3.28. The normalized spacial score (nSPS) is 11.7. The van der Waals surface area contributed by atoms with Crippen molar-refractivity contribution in [1.82, 2.24) is 0 Å². The van der Waals surface area contributed by atoms with Crippen LogP contribution in [0.4, 0.5) is 5.69 Å². The lowest BCUT2D eigenvalue weighted by atomic mass is 10.2. The molecular formula is C15H9ClN2O4S. The molecule has 0 bridgehead atoms. The van der Waals surface area contributed by atoms with Crippen molar-refractivity contribution in [2.24, 2.45) is 0 Å². The minimum atomic E-state index is -4.31. The van der Waals surface area contributed by atoms with E-state index in [9.17, 15) is 23.8 Å². The number of benzene rings is 2. The number of para-hydroxylation sites is 1. The molecule has 6 nitrogen and oxygen atoms in total. The first kappa shape index (κ1) is 16.7. The van der Waals surface area contributed by atoms with Gasteiger partial charge in [-0.1, -0.05) is 35.9 Å². The number of nitro groups is 1. The molecule has 0 aliphatic rings. The first-order valence-corrected chi connectivity index (χ1v) is 8.08. The third-order valence-electron chi connectivity index (χ3n) is 2.92. The van der Waals surface area contributed by atoms with Gasteiger partial charge in [0.2, 0.25) is 9.84 Å². The lowest BCUT2D eigenvalue weighted by molar-refractivity contribution is -0.387. The summed E-state index contributed by atoms with van der Waals surface area (Å²) in [5, 5.41) is 20.6. The van der Waals surface area contributed by atoms with Gasteiger partial charge in [-0.15, -0.1) is 0 Å². The Labute approximate surface area is 137 Å². The highest BCUT2D eigenvalue weighted by Crippen LogP contribution is 2.29. The summed E-state index contributed by atoms with van der Waals surface area (Å²) in [5.74, 6) is 0. The molecule has 0 aliphatic heterocycles. The third-order valence-corrected chi connectivity index (χ3v) is 4.88. The van der Waals surface area contributed by atoms with Gasteiger partial charge in [0, 0.05) is 11.1 Å². The van der Waals surface area contributed by atoms with Gasteiger partial charge in [0.15, 0.2) is 0 Å². The maximum Gasteiger partial charge on any atom is 0.288 e. The van der Waals surface area contributed by atoms with Gasteiger partial charge in [-0.2, -0.15) is 5.26 Å². The van der Waals surface area contributed by atoms with E-state index in [0.717, 1.165) is 18.2 Å². The Morgan fingerprint density at radius 1 is 1.17 bits per heavy atom. The van der Waals surface area contributed by atoms with Gasteiger partial charge >= 0.3 is 0 Å². The van der Waals surface area contributed by atoms with Gasteiger partial charge in [-0.25, -0.2) is 8.42 Å². The molecule has 0 saturated carbocycles. The monoisotopic (exact) mass is 348 g/mol. The summed E-state index contributed by atoms with van der Waals surface area (Å²) in [6.07, 6.45) is 1.14. The van der Waals surface area contributed by atoms with Crippen molar-refractivity contribution in [2.45, 2.75) is 4.90 Å². The largest absolute Gasteiger partial charge is 0.288 e. The van der Waals surface area contributed by atoms with Crippen LogP contribution in [0.1, 0.15) is 5.56 Å². The second kappa shape index (κ2) is 6.60. The molecule has 0 amide bonds. The highest BCUT2D eigenvalue weighted by Gasteiger charge is 2.29. The number of halogens is 1. The SMILES string of the molecule is N#C/C(=C\c1ccc(Cl)cc1)S(=O)(=O)c1ccccc1[N+](=O)[O-]. The maximum absolute atomic E-state index is 12.5. The Morgan fingerprint density at radius 3 is 2.35 bits per heavy atom. The molecule has 0 spiro atoms. The minimum absolute atomic E-state index is 0.438. The van der Waals surface area contributed by atoms with E-state index in [1.807, 2.05) is 0 Å². The average molecular weight is 349 g/mol. The first-order valence-electron chi connectivity index (χ1n) is 6.22. The van der Waals surface area contributed by atoms with Crippen LogP contribution in [0, 0.1) is 21.4 Å². The zero-order valence-electron chi connectivity index (χ0n) is 11.5. The van der Waals surface area contributed by atoms with E-state index in [1.54, 1.807) is 18.2 Å². The second-order valence-electron chi connectivity index (χ2n) is 4.40. The predicted molar refractivity (Wildman–Crippen MR) is 85.3 cm³/mol. The molecular weight excluding hydrogens is 340 g/mol. The van der Waals surface area contributed by atoms with Gasteiger partial charge in [0.25, 0.3) is 5.69 Å². The highest BCUT2D eigenvalue weighted by atomic mass is 35.5. The van der Waals surface area contributed by atoms with E-state index in [0.29, 0.717) is 10.6 Å². The van der Waals surface area contributed by atoms with Crippen molar-refractivity contribution >= 4 is 33.2 Å². The second-order valence-corrected chi connectivity index (χ2v) is 6.72. The van der Waals surface area contributed by atoms with Crippen molar-refractivity contribution in [3.05, 3.63) is 74.1 Å². The van der Waals surface area contributed by atoms with Crippen molar-refractivity contribution in [2.75, 3.05) is 0 Å². The molecule has 2 aromatic rings. The lowest BCUT2D eigenvalue weighted by Gasteiger charge is -2.04. The zero-order valence-corrected chi connectivity index (χ0v) is 13.1. The van der Waals surface area contributed by atoms with E-state index < -0.39 is 30.2 Å². The Bertz CT molecular complexity index is 929. The van der Waals surface area contributed by atoms with Gasteiger partial charge < -0.3 is 0 Å². The molecule has 0 aromatic heterocycles. The number of sulfone groups is 1. The van der Waals surface area contributed by atoms with Crippen LogP contribution < -0.4 is 0 Å². The Kier molecular flexibility index (Phi) is 4.79. The molecule has 0 radical (unpaired) electrons. The molecule has 8 heteroatoms. The Morgan fingerprint density at radius 2 is 1.78 bits per heavy atom. The van der Waals surface area contributed by atoms with E-state index in [2.05, 4.69) is 0 Å². The molecule has 0 saturated heterocycles. The molecule has 116 valence electrons. The van der Waals surface area contributed by atoms with E-state index >= 15 is 0 Å². The average Bonchev–Trinajstić information content (AvgIpc) is 2.54. The van der Waals surface area contributed by atoms with Crippen LogP contribution in [-0.2, 0) is 9.84 Å². The van der Waals surface area contributed by atoms with Gasteiger partial charge in [-0.05, 0) is 29.8 Å². The zero-order chi connectivity index (χ0) is 17.0. The lowest BCUT2D eigenvalue weighted by Crippen LogP contribution is -2.06. The number of nitriles is 1. The molecule has 0 unspecified atom stereocenters. The molecule has 0 fully saturated rings. The van der Waals surface area contributed by atoms with E-state index in [4.69, 9.17) is 11.6 Å². The van der Waals surface area contributed by atoms with Crippen LogP contribution in [0.5, 0.6) is 0 Å². The number of nitrogens with zero attached hydrogens (tertiary/aromatic N) is 2. The number of hydrogen-bond donors (Lipinski definition) is 0. The fraction of sp³-hybridized carbons (Fsp3) is 0. The molecule has 0 N–H and O–H groups in total. The minimum Gasteiger partial charge on any atom is -0.258 e. The number of nitro benzene ring substituents is 1. The smallest absolute Gasteiger partial charge is 0.258 e. The van der Waals surface area contributed by atoms with Crippen LogP contribution >= 0.6 is 11.6 Å². The number of hydrogen-bond acceptors (Lipinski definition) is 5. The Balaban J connectivity index is 2.59. The summed E-state index contributed by atoms with van der Waals surface area (Å²) in [6.45, 7) is 0. The fourth-order valence-electron chi connectivity index (χ4n) is 1.83. The topological polar surface area (TPSA) is 101 Å². The summed E-state index contributed by atoms with van der Waals surface area (Å²) in [4.78, 5) is 9.09. The standard InChI is InChI=1S/C15H9ClN2O4S/c16-12-7-5-11(6-8-12)9-13(10-17)23(21,22)15-4-2-1-3-14(15)18(19)20/h1-9H/b13-9+. The summed E-state index contributed by atoms with van der Waals surface area (Å²) < 4.78 is 25.1. The van der Waals surface area contributed by atoms with Crippen LogP contribution in [-0.4, -0.2) is 13.3 Å². The van der Waals surface area contributed by atoms with Crippen molar-refractivity contribution in [1.29, 1.82) is 5.26 Å². The highest BCUT2D eigenvalue weighted by molar-refractivity contribution is 7.95. The molecule has 0 aliphatic carbocycles. The molecule has 23 heavy (non-hydrogen) atoms. The van der Waals surface area contributed by atoms with E-state index in [1.165, 1.54) is 24.3 Å². The quantitative estimate of drug-likeness (QED) is 0.477. The van der Waals surface area contributed by atoms with Gasteiger partial charge in [0.1, 0.15) is 15.9 Å². The summed E-state index contributed by atoms with van der Waals surface area (Å²) in [7, 11) is -4.31. The van der Waals surface area contributed by atoms with Crippen LogP contribution in [0.15, 0.2) is 58.3 Å². The molecule has 2 aromatic carbocycles. The van der Waals surface area contributed by atoms with Crippen LogP contribution in [0.25, 0.3) is 6.08 Å². The van der Waals surface area contributed by atoms with Crippen LogP contribution in [0.3, 0.4) is 0 Å². The molecule has 0 atom stereocenters. The number of rotatable bonds is 4. The molecule has 2 rings (SSSR count). The summed E-state index contributed by atoms with van der Waals surface area (Å²) >= 11 is 5.74. The molecule has 0 heterocycles. The maximum atomic E-state index is 12.5. The summed E-state index contributed by atoms with van der Waals surface area (Å²) in [5.41, 5.74) is -0.141. The van der Waals surface area contributed by atoms with Crippen LogP contribution in [0.2, 0.25) is 5.02 Å². The Hall–Kier alpha value is -2.69. The van der Waals surface area contributed by atoms with Gasteiger partial charge in [0.05, 0.1) is 4.92 Å². The van der Waals surface area contributed by atoms with E-state index in [-0.39, 0.29) is 0 Å². The number of allylic oxidation sites excluding steroid dienone is 1. The van der Waals surface area contributed by atoms with Gasteiger partial charge in [-0.3, -0.25) is 10.1 Å².